The molecule has 15 aromatic carbocycles. The summed E-state index contributed by atoms with van der Waals surface area (Å²) < 4.78 is 0. The van der Waals surface area contributed by atoms with Gasteiger partial charge in [-0.25, -0.2) is 4.98 Å². The number of hydrogen-bond donors (Lipinski definition) is 0. The highest BCUT2D eigenvalue weighted by atomic mass is 15.2. The van der Waals surface area contributed by atoms with Crippen LogP contribution in [-0.2, 0) is 0 Å². The van der Waals surface area contributed by atoms with E-state index in [1.165, 1.54) is 70.9 Å². The van der Waals surface area contributed by atoms with Gasteiger partial charge in [-0.15, -0.1) is 0 Å². The topological polar surface area (TPSA) is 19.4 Å². The van der Waals surface area contributed by atoms with Crippen LogP contribution in [0.3, 0.4) is 0 Å². The quantitative estimate of drug-likeness (QED) is 0.106. The Morgan fingerprint density at radius 3 is 0.813 bits per heavy atom. The normalized spacial score (nSPS) is 12.3. The fraction of sp³-hybridized carbons (Fsp3) is 0. The zero-order chi connectivity index (χ0) is 59.9. The van der Waals surface area contributed by atoms with Crippen molar-refractivity contribution >= 4 is 100 Å². The molecule has 3 nitrogen and oxygen atoms in total. The van der Waals surface area contributed by atoms with Crippen LogP contribution in [0.15, 0.2) is 340 Å². The summed E-state index contributed by atoms with van der Waals surface area (Å²) >= 11 is 0. The van der Waals surface area contributed by atoms with Crippen molar-refractivity contribution in [3.63, 3.8) is 0 Å². The number of benzene rings is 15. The molecule has 0 spiro atoms. The molecular weight excluding hydrogens is 1100 g/mol. The SMILES string of the molecule is c1ccc(-c2cc(-c3ccccc3)cc(-c3cc(-c4cc5c6c(c4)N(c4ccccc4)c4cc7cc8ccccc8cc7cc4B6c4cc6cc7ccccc7cc6cc4N5c4ccccc4)cc(-c4cc(-c5ccccc5)cc(-c5ccccc5)c4)n3)c2)cc1. The molecule has 422 valence electrons. The second kappa shape index (κ2) is 21.5. The molecule has 0 fully saturated rings. The third-order valence-corrected chi connectivity index (χ3v) is 18.8. The summed E-state index contributed by atoms with van der Waals surface area (Å²) in [6.45, 7) is -0.131. The molecule has 3 heterocycles. The first-order valence-electron chi connectivity index (χ1n) is 31.4. The summed E-state index contributed by atoms with van der Waals surface area (Å²) in [5.41, 5.74) is 25.7. The summed E-state index contributed by atoms with van der Waals surface area (Å²) in [6, 6.07) is 126. The lowest BCUT2D eigenvalue weighted by molar-refractivity contribution is 1.26. The zero-order valence-corrected chi connectivity index (χ0v) is 49.8. The van der Waals surface area contributed by atoms with Crippen molar-refractivity contribution in [2.75, 3.05) is 9.80 Å². The predicted molar refractivity (Wildman–Crippen MR) is 386 cm³/mol. The van der Waals surface area contributed by atoms with Gasteiger partial charge in [-0.1, -0.05) is 218 Å². The third kappa shape index (κ3) is 9.18. The largest absolute Gasteiger partial charge is 0.311 e. The van der Waals surface area contributed by atoms with Gasteiger partial charge in [-0.2, -0.15) is 0 Å². The van der Waals surface area contributed by atoms with E-state index >= 15 is 0 Å². The number of rotatable bonds is 9. The lowest BCUT2D eigenvalue weighted by Gasteiger charge is -2.44. The number of aromatic nitrogens is 1. The van der Waals surface area contributed by atoms with E-state index in [9.17, 15) is 0 Å². The van der Waals surface area contributed by atoms with Gasteiger partial charge < -0.3 is 9.80 Å². The van der Waals surface area contributed by atoms with Crippen LogP contribution in [0.4, 0.5) is 34.1 Å². The molecule has 0 saturated heterocycles. The van der Waals surface area contributed by atoms with Gasteiger partial charge in [-0.05, 0) is 236 Å². The molecule has 0 aliphatic carbocycles. The molecule has 0 N–H and O–H groups in total. The van der Waals surface area contributed by atoms with Gasteiger partial charge >= 0.3 is 0 Å². The van der Waals surface area contributed by atoms with E-state index in [4.69, 9.17) is 4.98 Å². The lowest BCUT2D eigenvalue weighted by atomic mass is 9.33. The number of hydrogen-bond acceptors (Lipinski definition) is 3. The van der Waals surface area contributed by atoms with Crippen molar-refractivity contribution in [1.29, 1.82) is 0 Å². The number of para-hydroxylation sites is 2. The number of pyridine rings is 1. The molecule has 4 heteroatoms. The van der Waals surface area contributed by atoms with E-state index in [1.807, 2.05) is 0 Å². The Hall–Kier alpha value is -11.8. The van der Waals surface area contributed by atoms with Crippen molar-refractivity contribution in [3.05, 3.63) is 340 Å². The fourth-order valence-corrected chi connectivity index (χ4v) is 14.5. The molecule has 0 amide bonds. The van der Waals surface area contributed by atoms with Crippen LogP contribution in [0, 0.1) is 0 Å². The third-order valence-electron chi connectivity index (χ3n) is 18.8. The molecule has 2 aliphatic rings. The Labute approximate surface area is 529 Å². The number of fused-ring (bicyclic) bond motifs is 8. The summed E-state index contributed by atoms with van der Waals surface area (Å²) in [4.78, 5) is 11.0. The summed E-state index contributed by atoms with van der Waals surface area (Å²) in [7, 11) is 0. The van der Waals surface area contributed by atoms with Gasteiger partial charge in [0.2, 0.25) is 0 Å². The summed E-state index contributed by atoms with van der Waals surface area (Å²) in [5, 5.41) is 9.76. The van der Waals surface area contributed by atoms with E-state index in [1.54, 1.807) is 0 Å². The van der Waals surface area contributed by atoms with E-state index in [0.29, 0.717) is 0 Å². The molecule has 1 aromatic heterocycles. The van der Waals surface area contributed by atoms with Gasteiger partial charge in [0.1, 0.15) is 0 Å². The van der Waals surface area contributed by atoms with E-state index < -0.39 is 0 Å². The second-order valence-electron chi connectivity index (χ2n) is 24.3. The maximum atomic E-state index is 5.86. The average Bonchev–Trinajstić information content (AvgIpc) is 0.720. The Bertz CT molecular complexity index is 5070. The molecule has 0 atom stereocenters. The first kappa shape index (κ1) is 52.3. The molecule has 0 bridgehead atoms. The van der Waals surface area contributed by atoms with Crippen LogP contribution >= 0.6 is 0 Å². The van der Waals surface area contributed by atoms with Gasteiger partial charge in [0.25, 0.3) is 6.71 Å². The molecule has 2 aliphatic heterocycles. The van der Waals surface area contributed by atoms with E-state index in [-0.39, 0.29) is 6.71 Å². The van der Waals surface area contributed by atoms with Gasteiger partial charge in [-0.3, -0.25) is 0 Å². The summed E-state index contributed by atoms with van der Waals surface area (Å²) in [5.74, 6) is 0. The van der Waals surface area contributed by atoms with E-state index in [0.717, 1.165) is 101 Å². The van der Waals surface area contributed by atoms with Gasteiger partial charge in [0.15, 0.2) is 0 Å². The molecule has 0 saturated carbocycles. The minimum absolute atomic E-state index is 0.131. The van der Waals surface area contributed by atoms with Crippen molar-refractivity contribution in [2.24, 2.45) is 0 Å². The number of anilines is 6. The van der Waals surface area contributed by atoms with Crippen molar-refractivity contribution < 1.29 is 0 Å². The van der Waals surface area contributed by atoms with Crippen LogP contribution in [0.1, 0.15) is 0 Å². The Balaban J connectivity index is 0.953. The molecule has 18 rings (SSSR count). The first-order valence-corrected chi connectivity index (χ1v) is 31.4. The molecular formula is C87H56BN3. The maximum absolute atomic E-state index is 5.86. The maximum Gasteiger partial charge on any atom is 0.252 e. The first-order chi connectivity index (χ1) is 45.0. The van der Waals surface area contributed by atoms with Crippen LogP contribution in [-0.4, -0.2) is 11.7 Å². The van der Waals surface area contributed by atoms with Crippen LogP contribution in [0.5, 0.6) is 0 Å². The van der Waals surface area contributed by atoms with Crippen molar-refractivity contribution in [2.45, 2.75) is 0 Å². The highest BCUT2D eigenvalue weighted by Gasteiger charge is 2.44. The lowest BCUT2D eigenvalue weighted by Crippen LogP contribution is -2.61. The predicted octanol–water partition coefficient (Wildman–Crippen LogP) is 21.4. The average molecular weight is 1150 g/mol. The Morgan fingerprint density at radius 1 is 0.198 bits per heavy atom. The molecule has 0 unspecified atom stereocenters. The Kier molecular flexibility index (Phi) is 12.3. The fourth-order valence-electron chi connectivity index (χ4n) is 14.5. The van der Waals surface area contributed by atoms with Crippen molar-refractivity contribution in [1.82, 2.24) is 4.98 Å². The smallest absolute Gasteiger partial charge is 0.252 e. The van der Waals surface area contributed by atoms with Crippen LogP contribution < -0.4 is 26.2 Å². The standard InChI is InChI=1S/C87H56BN3/c1-7-23-57(24-8-1)65-43-66(58-25-9-2-10-26-58)46-75(45-65)81-51-73(52-82(89-81)76-47-67(59-27-11-3-12-28-59)44-68(48-76)60-29-13-4-14-30-60)74-55-85-87-86(56-74)91(78-37-17-6-18-38-78)84-54-72-42-64-34-22-20-32-62(64)40-70(72)50-80(84)88(87)79-49-69-39-61-31-19-21-33-63(61)41-71(69)53-83(79)90(85)77-35-15-5-16-36-77/h1-56H. The summed E-state index contributed by atoms with van der Waals surface area (Å²) in [6.07, 6.45) is 0. The minimum Gasteiger partial charge on any atom is -0.311 e. The van der Waals surface area contributed by atoms with E-state index in [2.05, 4.69) is 350 Å². The monoisotopic (exact) mass is 1150 g/mol. The van der Waals surface area contributed by atoms with Crippen LogP contribution in [0.2, 0.25) is 0 Å². The zero-order valence-electron chi connectivity index (χ0n) is 49.8. The highest BCUT2D eigenvalue weighted by Crippen LogP contribution is 2.49. The van der Waals surface area contributed by atoms with Crippen LogP contribution in [0.25, 0.3) is 121 Å². The highest BCUT2D eigenvalue weighted by molar-refractivity contribution is 7.00. The molecule has 0 radical (unpaired) electrons. The Morgan fingerprint density at radius 2 is 0.473 bits per heavy atom. The van der Waals surface area contributed by atoms with Crippen molar-refractivity contribution in [3.8, 4) is 78.1 Å². The molecule has 16 aromatic rings. The second-order valence-corrected chi connectivity index (χ2v) is 24.3. The number of nitrogens with zero attached hydrogens (tertiary/aromatic N) is 3. The minimum atomic E-state index is -0.131. The molecule has 91 heavy (non-hydrogen) atoms. The van der Waals surface area contributed by atoms with Gasteiger partial charge in [0, 0.05) is 45.3 Å². The van der Waals surface area contributed by atoms with Gasteiger partial charge in [0.05, 0.1) is 11.4 Å².